The van der Waals surface area contributed by atoms with Gasteiger partial charge in [0.25, 0.3) is 0 Å². The highest BCUT2D eigenvalue weighted by Crippen LogP contribution is 2.31. The summed E-state index contributed by atoms with van der Waals surface area (Å²) in [5.41, 5.74) is 0.659. The molecule has 0 radical (unpaired) electrons. The quantitative estimate of drug-likeness (QED) is 0.827. The first-order chi connectivity index (χ1) is 9.81. The van der Waals surface area contributed by atoms with Crippen LogP contribution in [0.3, 0.4) is 0 Å². The molecular weight excluding hydrogens is 358 g/mol. The Hall–Kier alpha value is -0.920. The van der Waals surface area contributed by atoms with Gasteiger partial charge in [0.05, 0.1) is 10.8 Å². The molecule has 0 amide bonds. The lowest BCUT2D eigenvalue weighted by atomic mass is 9.97. The number of carboxylic acids is 1. The van der Waals surface area contributed by atoms with Crippen LogP contribution in [0.5, 0.6) is 0 Å². The van der Waals surface area contributed by atoms with E-state index in [-0.39, 0.29) is 17.4 Å². The average molecular weight is 376 g/mol. The number of benzene rings is 1. The smallest absolute Gasteiger partial charge is 0.306 e. The highest BCUT2D eigenvalue weighted by molar-refractivity contribution is 9.10. The second kappa shape index (κ2) is 6.46. The van der Waals surface area contributed by atoms with Crippen LogP contribution in [-0.4, -0.2) is 26.0 Å². The summed E-state index contributed by atoms with van der Waals surface area (Å²) in [4.78, 5) is 11.3. The van der Waals surface area contributed by atoms with E-state index < -0.39 is 21.9 Å². The van der Waals surface area contributed by atoms with Gasteiger partial charge in [0.1, 0.15) is 0 Å². The number of aliphatic carboxylic acids is 1. The zero-order valence-electron chi connectivity index (χ0n) is 11.7. The molecule has 21 heavy (non-hydrogen) atoms. The van der Waals surface area contributed by atoms with E-state index in [0.717, 1.165) is 12.8 Å². The van der Waals surface area contributed by atoms with Gasteiger partial charge in [-0.3, -0.25) is 4.79 Å². The Labute approximate surface area is 132 Å². The van der Waals surface area contributed by atoms with Crippen LogP contribution in [0.4, 0.5) is 0 Å². The molecule has 1 fully saturated rings. The first kappa shape index (κ1) is 16.5. The fraction of sp³-hybridized carbons (Fsp3) is 0.500. The maximum Gasteiger partial charge on any atom is 0.306 e. The number of hydrogen-bond acceptors (Lipinski definition) is 3. The Bertz CT molecular complexity index is 644. The van der Waals surface area contributed by atoms with E-state index in [1.165, 1.54) is 0 Å². The normalized spacial score (nSPS) is 22.4. The molecule has 116 valence electrons. The molecule has 0 saturated heterocycles. The second-order valence-corrected chi connectivity index (χ2v) is 8.05. The maximum absolute atomic E-state index is 12.4. The fourth-order valence-electron chi connectivity index (χ4n) is 2.76. The molecule has 1 aliphatic carbocycles. The van der Waals surface area contributed by atoms with E-state index in [2.05, 4.69) is 20.7 Å². The largest absolute Gasteiger partial charge is 0.481 e. The molecule has 2 N–H and O–H groups in total. The van der Waals surface area contributed by atoms with Gasteiger partial charge in [0.2, 0.25) is 10.0 Å². The van der Waals surface area contributed by atoms with Crippen LogP contribution in [0.15, 0.2) is 27.6 Å². The molecular formula is C14H18BrNO4S. The van der Waals surface area contributed by atoms with Gasteiger partial charge >= 0.3 is 5.97 Å². The molecule has 2 atom stereocenters. The second-order valence-electron chi connectivity index (χ2n) is 5.40. The van der Waals surface area contributed by atoms with Crippen molar-refractivity contribution in [3.8, 4) is 0 Å². The van der Waals surface area contributed by atoms with E-state index in [1.807, 2.05) is 0 Å². The minimum absolute atomic E-state index is 0.135. The van der Waals surface area contributed by atoms with Gasteiger partial charge in [-0.05, 0) is 43.4 Å². The Kier molecular flexibility index (Phi) is 5.06. The number of sulfonamides is 1. The van der Waals surface area contributed by atoms with Crippen LogP contribution in [-0.2, 0) is 14.8 Å². The van der Waals surface area contributed by atoms with Crippen LogP contribution in [0.25, 0.3) is 0 Å². The van der Waals surface area contributed by atoms with E-state index >= 15 is 0 Å². The summed E-state index contributed by atoms with van der Waals surface area (Å²) in [6.45, 7) is 1.90. The van der Waals surface area contributed by atoms with Crippen molar-refractivity contribution >= 4 is 31.9 Å². The summed E-state index contributed by atoms with van der Waals surface area (Å²) in [5, 5.41) is 9.13. The molecule has 1 aromatic rings. The van der Waals surface area contributed by atoms with E-state index in [1.54, 1.807) is 25.1 Å². The summed E-state index contributed by atoms with van der Waals surface area (Å²) in [7, 11) is -3.62. The Morgan fingerprint density at radius 3 is 2.81 bits per heavy atom. The summed E-state index contributed by atoms with van der Waals surface area (Å²) in [6.07, 6.45) is 2.20. The van der Waals surface area contributed by atoms with Crippen molar-refractivity contribution in [2.45, 2.75) is 31.1 Å². The molecule has 2 unspecified atom stereocenters. The van der Waals surface area contributed by atoms with Crippen LogP contribution in [0.2, 0.25) is 0 Å². The lowest BCUT2D eigenvalue weighted by Gasteiger charge is -2.17. The number of carbonyl (C=O) groups is 1. The maximum atomic E-state index is 12.4. The average Bonchev–Trinajstić information content (AvgIpc) is 2.88. The monoisotopic (exact) mass is 375 g/mol. The molecule has 0 bridgehead atoms. The van der Waals surface area contributed by atoms with E-state index in [9.17, 15) is 13.2 Å². The van der Waals surface area contributed by atoms with Gasteiger partial charge in [-0.1, -0.05) is 28.4 Å². The molecule has 1 aliphatic rings. The third kappa shape index (κ3) is 3.84. The SMILES string of the molecule is Cc1ccc(Br)cc1S(=O)(=O)NCC1CCCC1C(=O)O. The highest BCUT2D eigenvalue weighted by Gasteiger charge is 2.33. The lowest BCUT2D eigenvalue weighted by Crippen LogP contribution is -2.33. The number of rotatable bonds is 5. The lowest BCUT2D eigenvalue weighted by molar-refractivity contribution is -0.142. The summed E-state index contributed by atoms with van der Waals surface area (Å²) < 4.78 is 28.0. The van der Waals surface area contributed by atoms with Crippen molar-refractivity contribution < 1.29 is 18.3 Å². The van der Waals surface area contributed by atoms with Crippen LogP contribution in [0, 0.1) is 18.8 Å². The molecule has 5 nitrogen and oxygen atoms in total. The minimum Gasteiger partial charge on any atom is -0.481 e. The number of hydrogen-bond donors (Lipinski definition) is 2. The summed E-state index contributed by atoms with van der Waals surface area (Å²) >= 11 is 3.26. The Balaban J connectivity index is 2.11. The summed E-state index contributed by atoms with van der Waals surface area (Å²) in [5.74, 6) is -1.42. The fourth-order valence-corrected chi connectivity index (χ4v) is 4.64. The third-order valence-electron chi connectivity index (χ3n) is 3.95. The molecule has 0 spiro atoms. The predicted molar refractivity (Wildman–Crippen MR) is 82.5 cm³/mol. The molecule has 7 heteroatoms. The Morgan fingerprint density at radius 1 is 1.43 bits per heavy atom. The zero-order chi connectivity index (χ0) is 15.6. The molecule has 0 aliphatic heterocycles. The van der Waals surface area contributed by atoms with Crippen LogP contribution in [0.1, 0.15) is 24.8 Å². The third-order valence-corrected chi connectivity index (χ3v) is 6.01. The van der Waals surface area contributed by atoms with Crippen molar-refractivity contribution in [1.82, 2.24) is 4.72 Å². The van der Waals surface area contributed by atoms with E-state index in [4.69, 9.17) is 5.11 Å². The van der Waals surface area contributed by atoms with Crippen molar-refractivity contribution in [2.75, 3.05) is 6.54 Å². The minimum atomic E-state index is -3.62. The highest BCUT2D eigenvalue weighted by atomic mass is 79.9. The molecule has 1 saturated carbocycles. The first-order valence-electron chi connectivity index (χ1n) is 6.80. The number of aryl methyl sites for hydroxylation is 1. The van der Waals surface area contributed by atoms with Crippen molar-refractivity contribution in [3.05, 3.63) is 28.2 Å². The van der Waals surface area contributed by atoms with E-state index in [0.29, 0.717) is 16.5 Å². The molecule has 0 heterocycles. The van der Waals surface area contributed by atoms with Gasteiger partial charge in [0, 0.05) is 11.0 Å². The van der Waals surface area contributed by atoms with Gasteiger partial charge in [-0.15, -0.1) is 0 Å². The number of carboxylic acid groups (broad SMARTS) is 1. The van der Waals surface area contributed by atoms with Crippen molar-refractivity contribution in [1.29, 1.82) is 0 Å². The first-order valence-corrected chi connectivity index (χ1v) is 9.07. The molecule has 1 aromatic carbocycles. The standard InChI is InChI=1S/C14H18BrNO4S/c1-9-5-6-11(15)7-13(9)21(19,20)16-8-10-3-2-4-12(10)14(17)18/h5-7,10,12,16H,2-4,8H2,1H3,(H,17,18). The van der Waals surface area contributed by atoms with Crippen LogP contribution < -0.4 is 4.72 Å². The molecule has 0 aromatic heterocycles. The van der Waals surface area contributed by atoms with Crippen LogP contribution >= 0.6 is 15.9 Å². The molecule has 2 rings (SSSR count). The van der Waals surface area contributed by atoms with Crippen molar-refractivity contribution in [2.24, 2.45) is 11.8 Å². The van der Waals surface area contributed by atoms with Crippen molar-refractivity contribution in [3.63, 3.8) is 0 Å². The number of halogens is 1. The predicted octanol–water partition coefficient (Wildman–Crippen LogP) is 2.54. The summed E-state index contributed by atoms with van der Waals surface area (Å²) in [6, 6.07) is 5.07. The zero-order valence-corrected chi connectivity index (χ0v) is 14.1. The van der Waals surface area contributed by atoms with Gasteiger partial charge < -0.3 is 5.11 Å². The number of nitrogens with one attached hydrogen (secondary N) is 1. The topological polar surface area (TPSA) is 83.5 Å². The Morgan fingerprint density at radius 2 is 2.14 bits per heavy atom. The van der Waals surface area contributed by atoms with Gasteiger partial charge in [0.15, 0.2) is 0 Å². The van der Waals surface area contributed by atoms with Gasteiger partial charge in [-0.25, -0.2) is 13.1 Å². The van der Waals surface area contributed by atoms with Gasteiger partial charge in [-0.2, -0.15) is 0 Å².